The van der Waals surface area contributed by atoms with Crippen LogP contribution in [0.1, 0.15) is 31.2 Å². The second kappa shape index (κ2) is 6.19. The van der Waals surface area contributed by atoms with Gasteiger partial charge in [-0.15, -0.1) is 11.6 Å². The van der Waals surface area contributed by atoms with Gasteiger partial charge in [0.1, 0.15) is 5.38 Å². The van der Waals surface area contributed by atoms with Gasteiger partial charge in [-0.2, -0.15) is 11.8 Å². The van der Waals surface area contributed by atoms with Gasteiger partial charge in [0, 0.05) is 23.6 Å². The van der Waals surface area contributed by atoms with E-state index in [2.05, 4.69) is 13.8 Å². The van der Waals surface area contributed by atoms with Crippen molar-refractivity contribution in [1.82, 2.24) is 4.90 Å². The Morgan fingerprint density at radius 1 is 1.32 bits per heavy atom. The molecular weight excluding hydrogens is 278 g/mol. The van der Waals surface area contributed by atoms with Gasteiger partial charge in [-0.1, -0.05) is 44.2 Å². The second-order valence-corrected chi connectivity index (χ2v) is 7.70. The zero-order chi connectivity index (χ0) is 13.9. The van der Waals surface area contributed by atoms with E-state index < -0.39 is 5.38 Å². The number of nitrogens with zero attached hydrogens (tertiary/aromatic N) is 1. The molecule has 0 spiro atoms. The van der Waals surface area contributed by atoms with Crippen LogP contribution in [0.4, 0.5) is 0 Å². The number of halogens is 1. The third-order valence-corrected chi connectivity index (χ3v) is 5.27. The van der Waals surface area contributed by atoms with Gasteiger partial charge >= 0.3 is 0 Å². The van der Waals surface area contributed by atoms with Gasteiger partial charge in [0.25, 0.3) is 0 Å². The molecule has 1 aromatic carbocycles. The van der Waals surface area contributed by atoms with Crippen LogP contribution >= 0.6 is 23.4 Å². The number of carbonyl (C=O) groups excluding carboxylic acids is 1. The molecule has 0 N–H and O–H groups in total. The Bertz CT molecular complexity index is 435. The quantitative estimate of drug-likeness (QED) is 0.776. The van der Waals surface area contributed by atoms with E-state index in [4.69, 9.17) is 11.6 Å². The second-order valence-electron chi connectivity index (χ2n) is 5.46. The highest BCUT2D eigenvalue weighted by Crippen LogP contribution is 2.32. The number of alkyl halides is 1. The molecule has 1 fully saturated rings. The largest absolute Gasteiger partial charge is 0.340 e. The van der Waals surface area contributed by atoms with Gasteiger partial charge in [0.2, 0.25) is 5.91 Å². The van der Waals surface area contributed by atoms with Gasteiger partial charge in [-0.05, 0) is 12.0 Å². The van der Waals surface area contributed by atoms with Gasteiger partial charge in [0.15, 0.2) is 0 Å². The monoisotopic (exact) mass is 297 g/mol. The maximum Gasteiger partial charge on any atom is 0.245 e. The predicted molar refractivity (Wildman–Crippen MR) is 82.8 cm³/mol. The molecule has 1 saturated heterocycles. The van der Waals surface area contributed by atoms with Crippen molar-refractivity contribution < 1.29 is 4.79 Å². The molecule has 1 aliphatic rings. The molecule has 104 valence electrons. The summed E-state index contributed by atoms with van der Waals surface area (Å²) in [5.74, 6) is 1.02. The Kier molecular flexibility index (Phi) is 4.80. The third-order valence-electron chi connectivity index (χ3n) is 3.46. The SMILES string of the molecule is CC1(C)CCN(C(=O)C(Cl)c2ccccc2)CCS1. The minimum absolute atomic E-state index is 0.0335. The van der Waals surface area contributed by atoms with Crippen LogP contribution in [0, 0.1) is 0 Å². The first-order chi connectivity index (χ1) is 8.99. The van der Waals surface area contributed by atoms with Crippen LogP contribution in [-0.2, 0) is 4.79 Å². The van der Waals surface area contributed by atoms with Crippen LogP contribution in [0.3, 0.4) is 0 Å². The molecule has 1 atom stereocenters. The summed E-state index contributed by atoms with van der Waals surface area (Å²) in [5, 5.41) is -0.563. The Hall–Kier alpha value is -0.670. The Morgan fingerprint density at radius 3 is 2.68 bits per heavy atom. The molecule has 0 aromatic heterocycles. The zero-order valence-corrected chi connectivity index (χ0v) is 13.0. The van der Waals surface area contributed by atoms with Crippen LogP contribution in [0.15, 0.2) is 30.3 Å². The zero-order valence-electron chi connectivity index (χ0n) is 11.4. The van der Waals surface area contributed by atoms with Crippen molar-refractivity contribution >= 4 is 29.3 Å². The fourth-order valence-corrected chi connectivity index (χ4v) is 3.55. The number of thioether (sulfide) groups is 1. The van der Waals surface area contributed by atoms with E-state index in [9.17, 15) is 4.79 Å². The first-order valence-electron chi connectivity index (χ1n) is 6.61. The molecule has 1 unspecified atom stereocenters. The van der Waals surface area contributed by atoms with Gasteiger partial charge in [-0.25, -0.2) is 0 Å². The number of hydrogen-bond acceptors (Lipinski definition) is 2. The number of carbonyl (C=O) groups is 1. The van der Waals surface area contributed by atoms with Crippen molar-refractivity contribution in [3.63, 3.8) is 0 Å². The molecule has 2 rings (SSSR count). The van der Waals surface area contributed by atoms with Crippen LogP contribution in [0.25, 0.3) is 0 Å². The molecule has 1 amide bonds. The van der Waals surface area contributed by atoms with Crippen LogP contribution in [0.5, 0.6) is 0 Å². The van der Waals surface area contributed by atoms with Crippen molar-refractivity contribution in [2.45, 2.75) is 30.4 Å². The highest BCUT2D eigenvalue weighted by molar-refractivity contribution is 8.00. The van der Waals surface area contributed by atoms with Crippen molar-refractivity contribution in [2.75, 3.05) is 18.8 Å². The molecule has 0 aliphatic carbocycles. The van der Waals surface area contributed by atoms with E-state index in [1.54, 1.807) is 0 Å². The van der Waals surface area contributed by atoms with E-state index in [-0.39, 0.29) is 10.7 Å². The summed E-state index contributed by atoms with van der Waals surface area (Å²) in [4.78, 5) is 14.4. The minimum atomic E-state index is -0.563. The standard InChI is InChI=1S/C15H20ClNOS/c1-15(2)8-9-17(10-11-19-15)14(18)13(16)12-6-4-3-5-7-12/h3-7,13H,8-11H2,1-2H3. The molecule has 0 saturated carbocycles. The van der Waals surface area contributed by atoms with Crippen molar-refractivity contribution in [1.29, 1.82) is 0 Å². The summed E-state index contributed by atoms with van der Waals surface area (Å²) in [6.45, 7) is 6.07. The van der Waals surface area contributed by atoms with E-state index >= 15 is 0 Å². The van der Waals surface area contributed by atoms with E-state index in [1.807, 2.05) is 47.0 Å². The molecular formula is C15H20ClNOS. The average molecular weight is 298 g/mol. The first-order valence-corrected chi connectivity index (χ1v) is 8.03. The van der Waals surface area contributed by atoms with E-state index in [0.717, 1.165) is 30.8 Å². The predicted octanol–water partition coefficient (Wildman–Crippen LogP) is 3.71. The summed E-state index contributed by atoms with van der Waals surface area (Å²) < 4.78 is 0.254. The highest BCUT2D eigenvalue weighted by Gasteiger charge is 2.29. The maximum atomic E-state index is 12.4. The Morgan fingerprint density at radius 2 is 2.00 bits per heavy atom. The third kappa shape index (κ3) is 3.90. The lowest BCUT2D eigenvalue weighted by molar-refractivity contribution is -0.130. The summed E-state index contributed by atoms with van der Waals surface area (Å²) >= 11 is 8.25. The smallest absolute Gasteiger partial charge is 0.245 e. The van der Waals surface area contributed by atoms with Gasteiger partial charge < -0.3 is 4.90 Å². The first kappa shape index (κ1) is 14.7. The molecule has 0 bridgehead atoms. The lowest BCUT2D eigenvalue weighted by atomic mass is 10.1. The van der Waals surface area contributed by atoms with E-state index in [1.165, 1.54) is 0 Å². The molecule has 1 aromatic rings. The fourth-order valence-electron chi connectivity index (χ4n) is 2.17. The van der Waals surface area contributed by atoms with Crippen molar-refractivity contribution in [3.8, 4) is 0 Å². The normalized spacial score (nSPS) is 20.7. The number of rotatable bonds is 2. The van der Waals surface area contributed by atoms with Crippen LogP contribution in [-0.4, -0.2) is 34.4 Å². The molecule has 4 heteroatoms. The number of hydrogen-bond donors (Lipinski definition) is 0. The lowest BCUT2D eigenvalue weighted by Crippen LogP contribution is -2.35. The summed E-state index contributed by atoms with van der Waals surface area (Å²) in [7, 11) is 0. The summed E-state index contributed by atoms with van der Waals surface area (Å²) in [6, 6.07) is 9.58. The maximum absolute atomic E-state index is 12.4. The molecule has 2 nitrogen and oxygen atoms in total. The average Bonchev–Trinajstić information content (AvgIpc) is 2.59. The summed E-state index contributed by atoms with van der Waals surface area (Å²) in [5.41, 5.74) is 0.880. The van der Waals surface area contributed by atoms with Crippen LogP contribution < -0.4 is 0 Å². The fraction of sp³-hybridized carbons (Fsp3) is 0.533. The van der Waals surface area contributed by atoms with Crippen LogP contribution in [0.2, 0.25) is 0 Å². The van der Waals surface area contributed by atoms with Gasteiger partial charge in [0.05, 0.1) is 0 Å². The highest BCUT2D eigenvalue weighted by atomic mass is 35.5. The summed E-state index contributed by atoms with van der Waals surface area (Å²) in [6.07, 6.45) is 1.02. The van der Waals surface area contributed by atoms with Gasteiger partial charge in [-0.3, -0.25) is 4.79 Å². The van der Waals surface area contributed by atoms with Crippen molar-refractivity contribution in [3.05, 3.63) is 35.9 Å². The van der Waals surface area contributed by atoms with E-state index in [0.29, 0.717) is 0 Å². The molecule has 1 aliphatic heterocycles. The minimum Gasteiger partial charge on any atom is -0.340 e. The van der Waals surface area contributed by atoms with Crippen molar-refractivity contribution in [2.24, 2.45) is 0 Å². The molecule has 19 heavy (non-hydrogen) atoms. The Labute approximate surface area is 124 Å². The topological polar surface area (TPSA) is 20.3 Å². The molecule has 0 radical (unpaired) electrons. The number of amides is 1. The Balaban J connectivity index is 2.03. The number of benzene rings is 1. The lowest BCUT2D eigenvalue weighted by Gasteiger charge is -2.24. The molecule has 1 heterocycles.